The zero-order valence-electron chi connectivity index (χ0n) is 13.5. The van der Waals surface area contributed by atoms with E-state index in [2.05, 4.69) is 75.6 Å². The van der Waals surface area contributed by atoms with Crippen LogP contribution in [0.4, 0.5) is 0 Å². The molecule has 0 heteroatoms. The van der Waals surface area contributed by atoms with Crippen molar-refractivity contribution in [2.75, 3.05) is 0 Å². The standard InChI is InChI=1S/C21H26/c1-6-11-19(12-7-2)20(13-8-3)16-18(5)21-15-10-9-14-17(21)4/h6-7,9-12,14-16H,1,5,8,13H2,2-4H3/b12-7-,19-11+,20-16+. The highest BCUT2D eigenvalue weighted by atomic mass is 14.1. The van der Waals surface area contributed by atoms with Gasteiger partial charge in [0.25, 0.3) is 0 Å². The summed E-state index contributed by atoms with van der Waals surface area (Å²) >= 11 is 0. The molecule has 0 N–H and O–H groups in total. The van der Waals surface area contributed by atoms with Crippen molar-refractivity contribution in [1.82, 2.24) is 0 Å². The largest absolute Gasteiger partial charge is 0.0990 e. The summed E-state index contributed by atoms with van der Waals surface area (Å²) in [5.74, 6) is 0. The second kappa shape index (κ2) is 8.97. The summed E-state index contributed by atoms with van der Waals surface area (Å²) in [4.78, 5) is 0. The van der Waals surface area contributed by atoms with Crippen LogP contribution in [0.2, 0.25) is 0 Å². The lowest BCUT2D eigenvalue weighted by atomic mass is 9.94. The smallest absolute Gasteiger partial charge is 0.0161 e. The molecule has 0 radical (unpaired) electrons. The number of allylic oxidation sites excluding steroid dienone is 8. The molecule has 1 aromatic rings. The van der Waals surface area contributed by atoms with E-state index in [0.29, 0.717) is 0 Å². The van der Waals surface area contributed by atoms with Crippen molar-refractivity contribution in [3.05, 3.63) is 90.1 Å². The van der Waals surface area contributed by atoms with Crippen LogP contribution in [0.1, 0.15) is 37.8 Å². The van der Waals surface area contributed by atoms with E-state index in [1.165, 1.54) is 22.3 Å². The van der Waals surface area contributed by atoms with Gasteiger partial charge in [0.05, 0.1) is 0 Å². The fourth-order valence-electron chi connectivity index (χ4n) is 2.37. The molecule has 0 saturated carbocycles. The monoisotopic (exact) mass is 278 g/mol. The molecule has 0 saturated heterocycles. The van der Waals surface area contributed by atoms with Crippen molar-refractivity contribution in [2.24, 2.45) is 0 Å². The minimum Gasteiger partial charge on any atom is -0.0990 e. The van der Waals surface area contributed by atoms with E-state index in [1.54, 1.807) is 0 Å². The van der Waals surface area contributed by atoms with E-state index < -0.39 is 0 Å². The number of rotatable bonds is 7. The predicted octanol–water partition coefficient (Wildman–Crippen LogP) is 6.42. The molecule has 0 bridgehead atoms. The quantitative estimate of drug-likeness (QED) is 0.504. The molecular formula is C21H26. The lowest BCUT2D eigenvalue weighted by molar-refractivity contribution is 0.918. The Morgan fingerprint density at radius 1 is 1.24 bits per heavy atom. The van der Waals surface area contributed by atoms with Crippen LogP contribution in [-0.4, -0.2) is 0 Å². The highest BCUT2D eigenvalue weighted by Crippen LogP contribution is 2.25. The van der Waals surface area contributed by atoms with E-state index in [0.717, 1.165) is 18.4 Å². The molecule has 0 fully saturated rings. The first-order chi connectivity index (χ1) is 10.1. The molecule has 1 aromatic carbocycles. The Kier molecular flexibility index (Phi) is 7.25. The van der Waals surface area contributed by atoms with Gasteiger partial charge in [-0.1, -0.05) is 81.1 Å². The maximum absolute atomic E-state index is 4.26. The van der Waals surface area contributed by atoms with Gasteiger partial charge in [-0.15, -0.1) is 0 Å². The molecular weight excluding hydrogens is 252 g/mol. The third-order valence-electron chi connectivity index (χ3n) is 3.37. The first-order valence-corrected chi connectivity index (χ1v) is 7.55. The Hall–Kier alpha value is -2.08. The van der Waals surface area contributed by atoms with Crippen LogP contribution in [0.3, 0.4) is 0 Å². The molecule has 0 spiro atoms. The second-order valence-corrected chi connectivity index (χ2v) is 5.12. The normalized spacial score (nSPS) is 12.7. The number of hydrogen-bond donors (Lipinski definition) is 0. The first-order valence-electron chi connectivity index (χ1n) is 7.55. The highest BCUT2D eigenvalue weighted by Gasteiger charge is 2.05. The van der Waals surface area contributed by atoms with E-state index >= 15 is 0 Å². The maximum Gasteiger partial charge on any atom is -0.0161 e. The van der Waals surface area contributed by atoms with Crippen LogP contribution in [0.15, 0.2) is 78.9 Å². The summed E-state index contributed by atoms with van der Waals surface area (Å²) in [6, 6.07) is 8.38. The Balaban J connectivity index is 3.21. The average Bonchev–Trinajstić information content (AvgIpc) is 2.47. The number of aryl methyl sites for hydroxylation is 1. The molecule has 1 rings (SSSR count). The molecule has 0 aliphatic rings. The lowest BCUT2D eigenvalue weighted by Crippen LogP contribution is -1.91. The van der Waals surface area contributed by atoms with Gasteiger partial charge in [0.2, 0.25) is 0 Å². The maximum atomic E-state index is 4.26. The number of hydrogen-bond acceptors (Lipinski definition) is 0. The van der Waals surface area contributed by atoms with Gasteiger partial charge < -0.3 is 0 Å². The van der Waals surface area contributed by atoms with E-state index in [-0.39, 0.29) is 0 Å². The Morgan fingerprint density at radius 3 is 2.52 bits per heavy atom. The van der Waals surface area contributed by atoms with Gasteiger partial charge in [-0.2, -0.15) is 0 Å². The summed E-state index contributed by atoms with van der Waals surface area (Å²) < 4.78 is 0. The SMILES string of the molecule is C=C/C=C(\C=C/C)C(=C/C(=C)c1ccccc1C)/CCC. The summed E-state index contributed by atoms with van der Waals surface area (Å²) in [5.41, 5.74) is 6.06. The molecule has 0 heterocycles. The highest BCUT2D eigenvalue weighted by molar-refractivity contribution is 5.76. The number of benzene rings is 1. The molecule has 0 aromatic heterocycles. The van der Waals surface area contributed by atoms with E-state index in [9.17, 15) is 0 Å². The minimum atomic E-state index is 1.04. The van der Waals surface area contributed by atoms with Gasteiger partial charge in [-0.25, -0.2) is 0 Å². The van der Waals surface area contributed by atoms with Crippen molar-refractivity contribution < 1.29 is 0 Å². The first kappa shape index (κ1) is 17.0. The van der Waals surface area contributed by atoms with Gasteiger partial charge in [-0.3, -0.25) is 0 Å². The Labute approximate surface area is 129 Å². The van der Waals surface area contributed by atoms with Crippen LogP contribution in [-0.2, 0) is 0 Å². The molecule has 0 atom stereocenters. The molecule has 110 valence electrons. The van der Waals surface area contributed by atoms with Gasteiger partial charge in [0.1, 0.15) is 0 Å². The van der Waals surface area contributed by atoms with E-state index in [4.69, 9.17) is 0 Å². The van der Waals surface area contributed by atoms with Gasteiger partial charge in [-0.05, 0) is 48.1 Å². The fourth-order valence-corrected chi connectivity index (χ4v) is 2.37. The molecule has 0 nitrogen and oxygen atoms in total. The van der Waals surface area contributed by atoms with Crippen LogP contribution in [0.5, 0.6) is 0 Å². The lowest BCUT2D eigenvalue weighted by Gasteiger charge is -2.11. The zero-order chi connectivity index (χ0) is 15.7. The van der Waals surface area contributed by atoms with Crippen LogP contribution < -0.4 is 0 Å². The molecule has 0 aliphatic heterocycles. The van der Waals surface area contributed by atoms with E-state index in [1.807, 2.05) is 13.0 Å². The second-order valence-electron chi connectivity index (χ2n) is 5.12. The van der Waals surface area contributed by atoms with Crippen molar-refractivity contribution in [1.29, 1.82) is 0 Å². The predicted molar refractivity (Wildman–Crippen MR) is 96.3 cm³/mol. The minimum absolute atomic E-state index is 1.04. The van der Waals surface area contributed by atoms with Gasteiger partial charge >= 0.3 is 0 Å². The van der Waals surface area contributed by atoms with Crippen molar-refractivity contribution in [3.63, 3.8) is 0 Å². The molecule has 0 unspecified atom stereocenters. The molecule has 21 heavy (non-hydrogen) atoms. The summed E-state index contributed by atoms with van der Waals surface area (Å²) in [7, 11) is 0. The topological polar surface area (TPSA) is 0 Å². The zero-order valence-corrected chi connectivity index (χ0v) is 13.5. The molecule has 0 amide bonds. The molecule has 0 aliphatic carbocycles. The summed E-state index contributed by atoms with van der Waals surface area (Å²) in [6.45, 7) is 14.4. The Morgan fingerprint density at radius 2 is 1.95 bits per heavy atom. The Bertz CT molecular complexity index is 580. The summed E-state index contributed by atoms with van der Waals surface area (Å²) in [6.07, 6.45) is 12.5. The third kappa shape index (κ3) is 5.07. The van der Waals surface area contributed by atoms with Crippen molar-refractivity contribution in [2.45, 2.75) is 33.6 Å². The van der Waals surface area contributed by atoms with Gasteiger partial charge in [0.15, 0.2) is 0 Å². The van der Waals surface area contributed by atoms with Crippen LogP contribution >= 0.6 is 0 Å². The van der Waals surface area contributed by atoms with Crippen molar-refractivity contribution in [3.8, 4) is 0 Å². The third-order valence-corrected chi connectivity index (χ3v) is 3.37. The van der Waals surface area contributed by atoms with Crippen LogP contribution in [0.25, 0.3) is 5.57 Å². The van der Waals surface area contributed by atoms with Crippen molar-refractivity contribution >= 4 is 5.57 Å². The summed E-state index contributed by atoms with van der Waals surface area (Å²) in [5, 5.41) is 0. The average molecular weight is 278 g/mol. The fraction of sp³-hybridized carbons (Fsp3) is 0.238. The van der Waals surface area contributed by atoms with Gasteiger partial charge in [0, 0.05) is 0 Å². The van der Waals surface area contributed by atoms with Crippen LogP contribution in [0, 0.1) is 6.92 Å².